The number of amides is 2. The molecule has 2 aromatic carbocycles. The summed E-state index contributed by atoms with van der Waals surface area (Å²) in [5.74, 6) is 0.982. The number of halogens is 1. The smallest absolute Gasteiger partial charge is 0.245 e. The fraction of sp³-hybridized carbons (Fsp3) is 0.500. The van der Waals surface area contributed by atoms with Gasteiger partial charge in [0.25, 0.3) is 0 Å². The Bertz CT molecular complexity index is 1110. The summed E-state index contributed by atoms with van der Waals surface area (Å²) in [4.78, 5) is 27.4. The number of hydrogen-bond acceptors (Lipinski definition) is 4. The van der Waals surface area contributed by atoms with E-state index in [1.165, 1.54) is 6.92 Å². The number of likely N-dealkylation sites (tertiary alicyclic amines) is 1. The van der Waals surface area contributed by atoms with Crippen LogP contribution < -0.4 is 10.1 Å². The van der Waals surface area contributed by atoms with Crippen LogP contribution >= 0.6 is 11.6 Å². The van der Waals surface area contributed by atoms with Gasteiger partial charge in [-0.25, -0.2) is 0 Å². The van der Waals surface area contributed by atoms with Crippen LogP contribution in [0.25, 0.3) is 0 Å². The van der Waals surface area contributed by atoms with E-state index in [2.05, 4.69) is 19.2 Å². The van der Waals surface area contributed by atoms with Gasteiger partial charge < -0.3 is 19.7 Å². The SMILES string of the molecule is CC(=O)N[C@H](Cc1ccccc1)C(=O)N1CC[C@H]2O[C@H]3c4cc(Cl)ccc4OC(C)(C)[C@@H]3C[C@H]2C1. The number of nitrogens with one attached hydrogen (secondary N) is 1. The highest BCUT2D eigenvalue weighted by Crippen LogP contribution is 2.53. The van der Waals surface area contributed by atoms with Gasteiger partial charge in [-0.15, -0.1) is 0 Å². The Labute approximate surface area is 211 Å². The van der Waals surface area contributed by atoms with E-state index in [1.54, 1.807) is 0 Å². The van der Waals surface area contributed by atoms with Crippen molar-refractivity contribution in [1.82, 2.24) is 10.2 Å². The molecular weight excluding hydrogens is 464 g/mol. The van der Waals surface area contributed by atoms with Gasteiger partial charge >= 0.3 is 0 Å². The average molecular weight is 497 g/mol. The molecule has 3 heterocycles. The summed E-state index contributed by atoms with van der Waals surface area (Å²) in [5.41, 5.74) is 1.65. The van der Waals surface area contributed by atoms with Gasteiger partial charge in [0.1, 0.15) is 17.4 Å². The lowest BCUT2D eigenvalue weighted by atomic mass is 9.70. The summed E-state index contributed by atoms with van der Waals surface area (Å²) < 4.78 is 13.1. The molecule has 0 saturated carbocycles. The summed E-state index contributed by atoms with van der Waals surface area (Å²) in [6.07, 6.45) is 2.16. The highest BCUT2D eigenvalue weighted by molar-refractivity contribution is 6.30. The Morgan fingerprint density at radius 3 is 2.71 bits per heavy atom. The molecule has 0 aromatic heterocycles. The Kier molecular flexibility index (Phi) is 6.53. The predicted octanol–water partition coefficient (Wildman–Crippen LogP) is 4.55. The number of nitrogens with zero attached hydrogens (tertiary/aromatic N) is 1. The molecule has 0 bridgehead atoms. The topological polar surface area (TPSA) is 67.9 Å². The van der Waals surface area contributed by atoms with Gasteiger partial charge in [-0.05, 0) is 50.5 Å². The lowest BCUT2D eigenvalue weighted by molar-refractivity contribution is -0.189. The zero-order valence-electron chi connectivity index (χ0n) is 20.5. The second-order valence-electron chi connectivity index (χ2n) is 10.6. The monoisotopic (exact) mass is 496 g/mol. The van der Waals surface area contributed by atoms with Crippen LogP contribution in [0.4, 0.5) is 0 Å². The normalized spacial score (nSPS) is 27.5. The molecule has 5 rings (SSSR count). The van der Waals surface area contributed by atoms with E-state index in [0.29, 0.717) is 24.5 Å². The predicted molar refractivity (Wildman–Crippen MR) is 134 cm³/mol. The Hall–Kier alpha value is -2.57. The van der Waals surface area contributed by atoms with Crippen LogP contribution in [0, 0.1) is 11.8 Å². The van der Waals surface area contributed by atoms with Crippen LogP contribution in [0.1, 0.15) is 50.8 Å². The zero-order chi connectivity index (χ0) is 24.7. The molecule has 5 atom stereocenters. The Morgan fingerprint density at radius 2 is 1.97 bits per heavy atom. The van der Waals surface area contributed by atoms with Crippen molar-refractivity contribution in [2.45, 2.75) is 63.9 Å². The van der Waals surface area contributed by atoms with E-state index >= 15 is 0 Å². The molecule has 2 saturated heterocycles. The van der Waals surface area contributed by atoms with Crippen LogP contribution in [0.2, 0.25) is 5.02 Å². The van der Waals surface area contributed by atoms with Gasteiger partial charge in [-0.1, -0.05) is 41.9 Å². The molecule has 6 nitrogen and oxygen atoms in total. The summed E-state index contributed by atoms with van der Waals surface area (Å²) in [7, 11) is 0. The largest absolute Gasteiger partial charge is 0.487 e. The van der Waals surface area contributed by atoms with Crippen molar-refractivity contribution >= 4 is 23.4 Å². The number of ether oxygens (including phenoxy) is 2. The van der Waals surface area contributed by atoms with Crippen LogP contribution in [-0.2, 0) is 20.7 Å². The van der Waals surface area contributed by atoms with Crippen LogP contribution in [0.3, 0.4) is 0 Å². The number of rotatable bonds is 4. The van der Waals surface area contributed by atoms with Gasteiger partial charge in [0.2, 0.25) is 11.8 Å². The summed E-state index contributed by atoms with van der Waals surface area (Å²) in [5, 5.41) is 3.56. The first-order chi connectivity index (χ1) is 16.7. The molecule has 2 aromatic rings. The number of carbonyl (C=O) groups is 2. The number of fused-ring (bicyclic) bond motifs is 4. The van der Waals surface area contributed by atoms with Crippen molar-refractivity contribution in [3.63, 3.8) is 0 Å². The van der Waals surface area contributed by atoms with Crippen molar-refractivity contribution in [3.05, 3.63) is 64.7 Å². The van der Waals surface area contributed by atoms with Crippen LogP contribution in [0.5, 0.6) is 5.75 Å². The van der Waals surface area contributed by atoms with E-state index in [-0.39, 0.29) is 35.9 Å². The third kappa shape index (κ3) is 4.91. The molecule has 0 radical (unpaired) electrons. The van der Waals surface area contributed by atoms with Crippen molar-refractivity contribution < 1.29 is 19.1 Å². The molecule has 186 valence electrons. The Balaban J connectivity index is 1.33. The Morgan fingerprint density at radius 1 is 1.20 bits per heavy atom. The second kappa shape index (κ2) is 9.47. The van der Waals surface area contributed by atoms with Crippen molar-refractivity contribution in [2.24, 2.45) is 11.8 Å². The maximum atomic E-state index is 13.6. The fourth-order valence-electron chi connectivity index (χ4n) is 6.00. The lowest BCUT2D eigenvalue weighted by Gasteiger charge is -2.53. The van der Waals surface area contributed by atoms with Gasteiger partial charge in [0.05, 0.1) is 12.2 Å². The summed E-state index contributed by atoms with van der Waals surface area (Å²) in [6.45, 7) is 6.93. The standard InChI is InChI=1S/C28H33ClN2O4/c1-17(32)30-23(13-18-7-5-4-6-8-18)27(33)31-12-11-24-19(16-31)14-22-26(34-24)21-15-20(29)9-10-25(21)35-28(22,2)3/h4-10,15,19,22-24,26H,11-14,16H2,1-3H3,(H,30,32)/t19-,22+,23+,24+,26-/m0/s1. The van der Waals surface area contributed by atoms with Crippen molar-refractivity contribution in [1.29, 1.82) is 0 Å². The minimum Gasteiger partial charge on any atom is -0.487 e. The van der Waals surface area contributed by atoms with E-state index in [0.717, 1.165) is 29.7 Å². The minimum absolute atomic E-state index is 0.0269. The van der Waals surface area contributed by atoms with Crippen LogP contribution in [0.15, 0.2) is 48.5 Å². The minimum atomic E-state index is -0.577. The highest BCUT2D eigenvalue weighted by Gasteiger charge is 2.51. The quantitative estimate of drug-likeness (QED) is 0.674. The molecule has 0 aliphatic carbocycles. The molecule has 35 heavy (non-hydrogen) atoms. The average Bonchev–Trinajstić information content (AvgIpc) is 2.83. The molecule has 3 aliphatic heterocycles. The zero-order valence-corrected chi connectivity index (χ0v) is 21.3. The van der Waals surface area contributed by atoms with E-state index in [4.69, 9.17) is 21.1 Å². The third-order valence-electron chi connectivity index (χ3n) is 7.72. The number of carbonyl (C=O) groups excluding carboxylic acids is 2. The second-order valence-corrected chi connectivity index (χ2v) is 11.0. The molecule has 0 spiro atoms. The first-order valence-corrected chi connectivity index (χ1v) is 12.8. The molecule has 3 aliphatic rings. The van der Waals surface area contributed by atoms with Gasteiger partial charge in [-0.3, -0.25) is 9.59 Å². The maximum Gasteiger partial charge on any atom is 0.245 e. The van der Waals surface area contributed by atoms with Crippen molar-refractivity contribution in [2.75, 3.05) is 13.1 Å². The first kappa shape index (κ1) is 24.1. The number of hydrogen-bond donors (Lipinski definition) is 1. The van der Waals surface area contributed by atoms with Gasteiger partial charge in [-0.2, -0.15) is 0 Å². The number of benzene rings is 2. The van der Waals surface area contributed by atoms with Gasteiger partial charge in [0, 0.05) is 48.9 Å². The molecule has 7 heteroatoms. The van der Waals surface area contributed by atoms with E-state index < -0.39 is 11.6 Å². The van der Waals surface area contributed by atoms with Crippen LogP contribution in [-0.4, -0.2) is 47.6 Å². The van der Waals surface area contributed by atoms with Crippen molar-refractivity contribution in [3.8, 4) is 5.75 Å². The van der Waals surface area contributed by atoms with E-state index in [1.807, 2.05) is 53.4 Å². The molecule has 2 fully saturated rings. The third-order valence-corrected chi connectivity index (χ3v) is 7.96. The summed E-state index contributed by atoms with van der Waals surface area (Å²) >= 11 is 6.31. The van der Waals surface area contributed by atoms with E-state index in [9.17, 15) is 9.59 Å². The fourth-order valence-corrected chi connectivity index (χ4v) is 6.18. The summed E-state index contributed by atoms with van der Waals surface area (Å²) in [6, 6.07) is 15.0. The lowest BCUT2D eigenvalue weighted by Crippen LogP contribution is -2.58. The molecule has 0 unspecified atom stereocenters. The molecule has 1 N–H and O–H groups in total. The molecule has 2 amide bonds. The first-order valence-electron chi connectivity index (χ1n) is 12.4. The molecular formula is C28H33ClN2O4. The van der Waals surface area contributed by atoms with Gasteiger partial charge in [0.15, 0.2) is 0 Å². The highest BCUT2D eigenvalue weighted by atomic mass is 35.5. The number of piperidine rings is 1. The maximum absolute atomic E-state index is 13.6.